The largest absolute Gasteiger partial charge is 0.455 e. The molecule has 95 valence electrons. The van der Waals surface area contributed by atoms with E-state index >= 15 is 0 Å². The monoisotopic (exact) mass is 275 g/mol. The van der Waals surface area contributed by atoms with Crippen LogP contribution in [0.25, 0.3) is 20.2 Å². The number of fused-ring (bicyclic) bond motifs is 3. The summed E-state index contributed by atoms with van der Waals surface area (Å²) in [7, 11) is 0. The number of rotatable bonds is 2. The summed E-state index contributed by atoms with van der Waals surface area (Å²) in [6.07, 6.45) is 0. The van der Waals surface area contributed by atoms with E-state index in [1.807, 2.05) is 36.4 Å². The van der Waals surface area contributed by atoms with Crippen LogP contribution in [0.3, 0.4) is 0 Å². The standard InChI is InChI=1S/C18H11OS/c1-2-7-13(8-3-1)19-16-11-6-10-15-14-9-4-5-12-17(14)20-18(15)16/h1-7,9-12H. The molecule has 0 N–H and O–H groups in total. The summed E-state index contributed by atoms with van der Waals surface area (Å²) in [5, 5.41) is 2.54. The van der Waals surface area contributed by atoms with Gasteiger partial charge in [-0.2, -0.15) is 0 Å². The van der Waals surface area contributed by atoms with E-state index in [4.69, 9.17) is 4.74 Å². The summed E-state index contributed by atoms with van der Waals surface area (Å²) in [4.78, 5) is 0. The molecular formula is C18H11OS. The summed E-state index contributed by atoms with van der Waals surface area (Å²) in [5.41, 5.74) is 0. The molecule has 20 heavy (non-hydrogen) atoms. The average molecular weight is 275 g/mol. The molecule has 3 aromatic carbocycles. The number of hydrogen-bond acceptors (Lipinski definition) is 2. The van der Waals surface area contributed by atoms with E-state index in [0.717, 1.165) is 11.5 Å². The number of ether oxygens (including phenoxy) is 1. The Labute approximate surface area is 121 Å². The molecule has 0 aliphatic heterocycles. The third-order valence-corrected chi connectivity index (χ3v) is 4.47. The first-order valence-corrected chi connectivity index (χ1v) is 7.28. The number of para-hydroxylation sites is 1. The minimum absolute atomic E-state index is 0.748. The molecule has 0 aliphatic carbocycles. The normalized spacial score (nSPS) is 11.0. The molecule has 0 saturated heterocycles. The van der Waals surface area contributed by atoms with Gasteiger partial charge in [0.15, 0.2) is 0 Å². The lowest BCUT2D eigenvalue weighted by atomic mass is 10.1. The smallest absolute Gasteiger partial charge is 0.145 e. The third-order valence-electron chi connectivity index (χ3n) is 3.27. The van der Waals surface area contributed by atoms with Gasteiger partial charge < -0.3 is 4.74 Å². The topological polar surface area (TPSA) is 9.23 Å². The van der Waals surface area contributed by atoms with Gasteiger partial charge in [-0.3, -0.25) is 0 Å². The summed E-state index contributed by atoms with van der Waals surface area (Å²) >= 11 is 1.77. The quantitative estimate of drug-likeness (QED) is 0.459. The van der Waals surface area contributed by atoms with Gasteiger partial charge in [0.1, 0.15) is 11.5 Å². The molecule has 2 heteroatoms. The van der Waals surface area contributed by atoms with E-state index in [-0.39, 0.29) is 0 Å². The fraction of sp³-hybridized carbons (Fsp3) is 0. The highest BCUT2D eigenvalue weighted by Crippen LogP contribution is 2.40. The van der Waals surface area contributed by atoms with Crippen LogP contribution in [-0.4, -0.2) is 0 Å². The third kappa shape index (κ3) is 1.86. The molecule has 1 radical (unpaired) electrons. The zero-order valence-electron chi connectivity index (χ0n) is 10.7. The fourth-order valence-electron chi connectivity index (χ4n) is 2.36. The highest BCUT2D eigenvalue weighted by atomic mass is 32.1. The molecule has 0 spiro atoms. The molecule has 1 heterocycles. The molecule has 0 unspecified atom stereocenters. The molecule has 0 amide bonds. The number of benzene rings is 3. The maximum Gasteiger partial charge on any atom is 0.145 e. The fourth-order valence-corrected chi connectivity index (χ4v) is 3.51. The van der Waals surface area contributed by atoms with E-state index in [9.17, 15) is 0 Å². The first-order valence-electron chi connectivity index (χ1n) is 6.47. The SMILES string of the molecule is [c]1ccccc1Oc1cccc2c1sc1ccccc12. The van der Waals surface area contributed by atoms with Crippen LogP contribution in [0.4, 0.5) is 0 Å². The van der Waals surface area contributed by atoms with Crippen LogP contribution in [0, 0.1) is 6.07 Å². The second-order valence-corrected chi connectivity index (χ2v) is 5.61. The summed E-state index contributed by atoms with van der Waals surface area (Å²) in [6.45, 7) is 0. The number of thiophene rings is 1. The van der Waals surface area contributed by atoms with Crippen molar-refractivity contribution in [1.82, 2.24) is 0 Å². The molecular weight excluding hydrogens is 264 g/mol. The van der Waals surface area contributed by atoms with E-state index in [0.29, 0.717) is 0 Å². The van der Waals surface area contributed by atoms with Crippen molar-refractivity contribution in [2.45, 2.75) is 0 Å². The van der Waals surface area contributed by atoms with Crippen molar-refractivity contribution in [3.8, 4) is 11.5 Å². The maximum absolute atomic E-state index is 5.98. The van der Waals surface area contributed by atoms with E-state index in [2.05, 4.69) is 36.4 Å². The second-order valence-electron chi connectivity index (χ2n) is 4.56. The highest BCUT2D eigenvalue weighted by molar-refractivity contribution is 7.26. The first kappa shape index (κ1) is 11.5. The van der Waals surface area contributed by atoms with Gasteiger partial charge in [0.25, 0.3) is 0 Å². The Morgan fingerprint density at radius 2 is 1.65 bits per heavy atom. The first-order chi connectivity index (χ1) is 9.92. The average Bonchev–Trinajstić information content (AvgIpc) is 2.88. The molecule has 0 atom stereocenters. The lowest BCUT2D eigenvalue weighted by Crippen LogP contribution is -1.83. The molecule has 1 nitrogen and oxygen atoms in total. The lowest BCUT2D eigenvalue weighted by Gasteiger charge is -2.05. The molecule has 0 fully saturated rings. The van der Waals surface area contributed by atoms with Gasteiger partial charge in [0, 0.05) is 21.5 Å². The zero-order valence-corrected chi connectivity index (χ0v) is 11.5. The van der Waals surface area contributed by atoms with Gasteiger partial charge in [-0.15, -0.1) is 11.3 Å². The van der Waals surface area contributed by atoms with Gasteiger partial charge in [-0.25, -0.2) is 0 Å². The Morgan fingerprint density at radius 1 is 0.800 bits per heavy atom. The summed E-state index contributed by atoms with van der Waals surface area (Å²) in [6, 6.07) is 25.4. The molecule has 0 aliphatic rings. The Morgan fingerprint density at radius 3 is 2.55 bits per heavy atom. The van der Waals surface area contributed by atoms with Gasteiger partial charge in [-0.1, -0.05) is 48.5 Å². The minimum Gasteiger partial charge on any atom is -0.455 e. The molecule has 1 aromatic heterocycles. The Hall–Kier alpha value is -2.32. The van der Waals surface area contributed by atoms with Crippen molar-refractivity contribution in [1.29, 1.82) is 0 Å². The zero-order chi connectivity index (χ0) is 13.4. The van der Waals surface area contributed by atoms with Crippen molar-refractivity contribution in [2.24, 2.45) is 0 Å². The van der Waals surface area contributed by atoms with Crippen molar-refractivity contribution in [3.05, 3.63) is 72.8 Å². The van der Waals surface area contributed by atoms with Gasteiger partial charge >= 0.3 is 0 Å². The maximum atomic E-state index is 5.98. The van der Waals surface area contributed by atoms with Gasteiger partial charge in [0.05, 0.1) is 4.70 Å². The van der Waals surface area contributed by atoms with Crippen LogP contribution in [-0.2, 0) is 0 Å². The van der Waals surface area contributed by atoms with Crippen molar-refractivity contribution in [2.75, 3.05) is 0 Å². The van der Waals surface area contributed by atoms with Crippen LogP contribution in [0.2, 0.25) is 0 Å². The van der Waals surface area contributed by atoms with Crippen molar-refractivity contribution in [3.63, 3.8) is 0 Å². The van der Waals surface area contributed by atoms with E-state index < -0.39 is 0 Å². The van der Waals surface area contributed by atoms with Crippen LogP contribution in [0.5, 0.6) is 11.5 Å². The predicted molar refractivity (Wildman–Crippen MR) is 84.7 cm³/mol. The van der Waals surface area contributed by atoms with Crippen molar-refractivity contribution < 1.29 is 4.74 Å². The molecule has 0 saturated carbocycles. The van der Waals surface area contributed by atoms with E-state index in [1.165, 1.54) is 20.2 Å². The van der Waals surface area contributed by atoms with Crippen LogP contribution in [0.15, 0.2) is 66.7 Å². The minimum atomic E-state index is 0.748. The number of hydrogen-bond donors (Lipinski definition) is 0. The highest BCUT2D eigenvalue weighted by Gasteiger charge is 2.09. The van der Waals surface area contributed by atoms with Gasteiger partial charge in [0.2, 0.25) is 0 Å². The molecule has 4 rings (SSSR count). The summed E-state index contributed by atoms with van der Waals surface area (Å²) < 4.78 is 8.45. The van der Waals surface area contributed by atoms with Crippen molar-refractivity contribution >= 4 is 31.5 Å². The van der Waals surface area contributed by atoms with Crippen LogP contribution >= 0.6 is 11.3 Å². The Bertz CT molecular complexity index is 878. The summed E-state index contributed by atoms with van der Waals surface area (Å²) in [5.74, 6) is 1.64. The van der Waals surface area contributed by atoms with Gasteiger partial charge in [-0.05, 0) is 18.2 Å². The van der Waals surface area contributed by atoms with E-state index in [1.54, 1.807) is 11.3 Å². The van der Waals surface area contributed by atoms with Crippen LogP contribution < -0.4 is 4.74 Å². The van der Waals surface area contributed by atoms with Crippen LogP contribution in [0.1, 0.15) is 0 Å². The Balaban J connectivity index is 1.91. The lowest BCUT2D eigenvalue weighted by molar-refractivity contribution is 0.488. The second kappa shape index (κ2) is 4.66. The molecule has 0 bridgehead atoms. The Kier molecular flexibility index (Phi) is 2.68. The molecule has 4 aromatic rings. The predicted octanol–water partition coefficient (Wildman–Crippen LogP) is 5.65.